The molecule has 2 N–H and O–H groups in total. The van der Waals surface area contributed by atoms with Crippen LogP contribution in [0, 0.1) is 0 Å². The molecule has 1 aromatic heterocycles. The Labute approximate surface area is 174 Å². The second-order valence-electron chi connectivity index (χ2n) is 7.79. The van der Waals surface area contributed by atoms with Crippen LogP contribution >= 0.6 is 23.3 Å². The highest BCUT2D eigenvalue weighted by Gasteiger charge is 2.22. The number of benzene rings is 1. The number of nitrogens with one attached hydrogen (secondary N) is 1. The van der Waals surface area contributed by atoms with E-state index in [9.17, 15) is 4.79 Å². The molecule has 0 spiro atoms. The summed E-state index contributed by atoms with van der Waals surface area (Å²) < 4.78 is 8.56. The zero-order valence-electron chi connectivity index (χ0n) is 16.8. The summed E-state index contributed by atoms with van der Waals surface area (Å²) in [5, 5.41) is 12.9. The summed E-state index contributed by atoms with van der Waals surface area (Å²) in [7, 11) is 1.60. The SMILES string of the molecule is COc1cc2nc(C(C)(C)C)sc2cc1NC(=O)SN1CCN(CCO)CC1. The van der Waals surface area contributed by atoms with Gasteiger partial charge in [-0.05, 0) is 6.07 Å². The van der Waals surface area contributed by atoms with E-state index >= 15 is 0 Å². The van der Waals surface area contributed by atoms with Gasteiger partial charge in [-0.25, -0.2) is 9.29 Å². The highest BCUT2D eigenvalue weighted by atomic mass is 32.2. The fourth-order valence-corrected chi connectivity index (χ4v) is 4.76. The van der Waals surface area contributed by atoms with Crippen molar-refractivity contribution in [2.45, 2.75) is 26.2 Å². The van der Waals surface area contributed by atoms with Crippen molar-refractivity contribution in [2.24, 2.45) is 0 Å². The molecule has 0 bridgehead atoms. The maximum absolute atomic E-state index is 12.5. The number of hydrogen-bond donors (Lipinski definition) is 2. The molecule has 0 aliphatic carbocycles. The van der Waals surface area contributed by atoms with Crippen molar-refractivity contribution in [1.29, 1.82) is 0 Å². The number of fused-ring (bicyclic) bond motifs is 1. The number of anilines is 1. The predicted octanol–water partition coefficient (Wildman–Crippen LogP) is 3.39. The molecule has 3 rings (SSSR count). The van der Waals surface area contributed by atoms with Gasteiger partial charge in [-0.1, -0.05) is 20.8 Å². The fraction of sp³-hybridized carbons (Fsp3) is 0.579. The van der Waals surface area contributed by atoms with Gasteiger partial charge in [0.25, 0.3) is 5.24 Å². The first kappa shape index (κ1) is 21.3. The molecule has 2 aromatic rings. The quantitative estimate of drug-likeness (QED) is 0.712. The van der Waals surface area contributed by atoms with Crippen LogP contribution in [0.25, 0.3) is 10.2 Å². The molecule has 1 amide bonds. The van der Waals surface area contributed by atoms with E-state index in [4.69, 9.17) is 14.8 Å². The molecule has 9 heteroatoms. The predicted molar refractivity (Wildman–Crippen MR) is 117 cm³/mol. The summed E-state index contributed by atoms with van der Waals surface area (Å²) in [4.78, 5) is 19.5. The average molecular weight is 425 g/mol. The molecule has 1 saturated heterocycles. The van der Waals surface area contributed by atoms with E-state index in [2.05, 4.69) is 35.3 Å². The minimum atomic E-state index is -0.131. The molecular formula is C19H28N4O3S2. The lowest BCUT2D eigenvalue weighted by molar-refractivity contribution is 0.156. The van der Waals surface area contributed by atoms with Gasteiger partial charge in [0, 0.05) is 56.2 Å². The second kappa shape index (κ2) is 8.96. The number of carbonyl (C=O) groups excluding carboxylic acids is 1. The Balaban J connectivity index is 1.68. The van der Waals surface area contributed by atoms with E-state index in [0.29, 0.717) is 18.0 Å². The van der Waals surface area contributed by atoms with Crippen LogP contribution in [0.1, 0.15) is 25.8 Å². The van der Waals surface area contributed by atoms with Crippen molar-refractivity contribution in [3.63, 3.8) is 0 Å². The first-order valence-corrected chi connectivity index (χ1v) is 11.0. The van der Waals surface area contributed by atoms with Crippen molar-refractivity contribution < 1.29 is 14.6 Å². The fourth-order valence-electron chi connectivity index (χ4n) is 2.98. The zero-order valence-corrected chi connectivity index (χ0v) is 18.5. The molecule has 1 aliphatic heterocycles. The third-order valence-electron chi connectivity index (χ3n) is 4.55. The molecule has 1 aliphatic rings. The number of methoxy groups -OCH3 is 1. The van der Waals surface area contributed by atoms with Gasteiger partial charge >= 0.3 is 0 Å². The van der Waals surface area contributed by atoms with E-state index in [1.54, 1.807) is 18.4 Å². The number of aliphatic hydroxyl groups is 1. The van der Waals surface area contributed by atoms with Crippen LogP contribution in [0.15, 0.2) is 12.1 Å². The Morgan fingerprint density at radius 2 is 2.04 bits per heavy atom. The highest BCUT2D eigenvalue weighted by molar-refractivity contribution is 8.11. The Morgan fingerprint density at radius 3 is 2.64 bits per heavy atom. The molecule has 1 fully saturated rings. The topological polar surface area (TPSA) is 77.9 Å². The smallest absolute Gasteiger partial charge is 0.298 e. The molecule has 0 saturated carbocycles. The van der Waals surface area contributed by atoms with Crippen molar-refractivity contribution in [2.75, 3.05) is 51.8 Å². The van der Waals surface area contributed by atoms with Crippen molar-refractivity contribution >= 4 is 44.4 Å². The van der Waals surface area contributed by atoms with E-state index in [1.165, 1.54) is 11.9 Å². The molecule has 0 atom stereocenters. The monoisotopic (exact) mass is 424 g/mol. The standard InChI is InChI=1S/C19H28N4O3S2/c1-19(2,3)17-20-14-11-15(26-4)13(12-16(14)27-17)21-18(25)28-23-7-5-22(6-8-23)9-10-24/h11-12,24H,5-10H2,1-4H3,(H,21,25). The van der Waals surface area contributed by atoms with E-state index in [1.807, 2.05) is 12.1 Å². The average Bonchev–Trinajstić information content (AvgIpc) is 3.06. The van der Waals surface area contributed by atoms with Crippen LogP contribution < -0.4 is 10.1 Å². The number of nitrogens with zero attached hydrogens (tertiary/aromatic N) is 3. The number of rotatable bonds is 5. The van der Waals surface area contributed by atoms with Gasteiger partial charge < -0.3 is 15.2 Å². The Morgan fingerprint density at radius 1 is 1.32 bits per heavy atom. The number of β-amino-alcohol motifs (C(OH)–C–C–N with tert-alkyl or cyclic N) is 1. The second-order valence-corrected chi connectivity index (χ2v) is 9.89. The maximum Gasteiger partial charge on any atom is 0.298 e. The normalized spacial score (nSPS) is 16.5. The van der Waals surface area contributed by atoms with Gasteiger partial charge in [-0.15, -0.1) is 11.3 Å². The molecule has 7 nitrogen and oxygen atoms in total. The summed E-state index contributed by atoms with van der Waals surface area (Å²) in [6.45, 7) is 10.6. The molecule has 2 heterocycles. The van der Waals surface area contributed by atoms with Crippen LogP contribution in [0.5, 0.6) is 5.75 Å². The summed E-state index contributed by atoms with van der Waals surface area (Å²) in [6.07, 6.45) is 0. The third-order valence-corrected chi connectivity index (χ3v) is 6.88. The Hall–Kier alpha value is -1.39. The van der Waals surface area contributed by atoms with Crippen molar-refractivity contribution in [1.82, 2.24) is 14.2 Å². The molecule has 154 valence electrons. The van der Waals surface area contributed by atoms with E-state index in [0.717, 1.165) is 41.4 Å². The van der Waals surface area contributed by atoms with Gasteiger partial charge in [0.2, 0.25) is 0 Å². The molecular weight excluding hydrogens is 396 g/mol. The number of amides is 1. The van der Waals surface area contributed by atoms with Crippen molar-refractivity contribution in [3.8, 4) is 5.75 Å². The minimum absolute atomic E-state index is 0.0195. The van der Waals surface area contributed by atoms with E-state index < -0.39 is 0 Å². The molecule has 0 unspecified atom stereocenters. The largest absolute Gasteiger partial charge is 0.494 e. The van der Waals surface area contributed by atoms with Gasteiger partial charge in [0.1, 0.15) is 5.75 Å². The van der Waals surface area contributed by atoms with E-state index in [-0.39, 0.29) is 17.3 Å². The molecule has 1 aromatic carbocycles. The van der Waals surface area contributed by atoms with Crippen LogP contribution in [0.3, 0.4) is 0 Å². The lowest BCUT2D eigenvalue weighted by Crippen LogP contribution is -2.45. The summed E-state index contributed by atoms with van der Waals surface area (Å²) in [6, 6.07) is 3.83. The lowest BCUT2D eigenvalue weighted by Gasteiger charge is -2.32. The number of aromatic nitrogens is 1. The summed E-state index contributed by atoms with van der Waals surface area (Å²) >= 11 is 2.84. The molecule has 28 heavy (non-hydrogen) atoms. The first-order chi connectivity index (χ1) is 13.3. The third kappa shape index (κ3) is 5.15. The highest BCUT2D eigenvalue weighted by Crippen LogP contribution is 2.37. The number of piperazine rings is 1. The zero-order chi connectivity index (χ0) is 20.3. The minimum Gasteiger partial charge on any atom is -0.494 e. The first-order valence-electron chi connectivity index (χ1n) is 9.36. The maximum atomic E-state index is 12.5. The van der Waals surface area contributed by atoms with Crippen molar-refractivity contribution in [3.05, 3.63) is 17.1 Å². The van der Waals surface area contributed by atoms with Gasteiger partial charge in [0.05, 0.1) is 34.6 Å². The van der Waals surface area contributed by atoms with Crippen LogP contribution in [-0.4, -0.2) is 71.0 Å². The number of aliphatic hydroxyl groups excluding tert-OH is 1. The number of thiazole rings is 1. The number of carbonyl (C=O) groups is 1. The lowest BCUT2D eigenvalue weighted by atomic mass is 9.98. The number of ether oxygens (including phenoxy) is 1. The van der Waals surface area contributed by atoms with Gasteiger partial charge in [0.15, 0.2) is 0 Å². The van der Waals surface area contributed by atoms with Gasteiger partial charge in [-0.3, -0.25) is 9.69 Å². The Kier molecular flexibility index (Phi) is 6.82. The summed E-state index contributed by atoms with van der Waals surface area (Å²) in [5.41, 5.74) is 1.53. The van der Waals surface area contributed by atoms with Crippen LogP contribution in [0.2, 0.25) is 0 Å². The molecule has 0 radical (unpaired) electrons. The summed E-state index contributed by atoms with van der Waals surface area (Å²) in [5.74, 6) is 0.611. The van der Waals surface area contributed by atoms with Gasteiger partial charge in [-0.2, -0.15) is 0 Å². The van der Waals surface area contributed by atoms with Crippen LogP contribution in [-0.2, 0) is 5.41 Å². The number of hydrogen-bond acceptors (Lipinski definition) is 8. The Bertz CT molecular complexity index is 826. The van der Waals surface area contributed by atoms with Crippen LogP contribution in [0.4, 0.5) is 10.5 Å².